The molecule has 0 spiro atoms. The maximum absolute atomic E-state index is 13.0. The molecule has 0 unspecified atom stereocenters. The maximum Gasteiger partial charge on any atom is 0.490 e. The van der Waals surface area contributed by atoms with E-state index in [-0.39, 0.29) is 17.9 Å². The fraction of sp³-hybridized carbons (Fsp3) is 0.478. The third kappa shape index (κ3) is 10.6. The van der Waals surface area contributed by atoms with Crippen molar-refractivity contribution in [3.05, 3.63) is 54.2 Å². The van der Waals surface area contributed by atoms with Crippen LogP contribution in [-0.4, -0.2) is 87.5 Å². The number of furan rings is 1. The van der Waals surface area contributed by atoms with Gasteiger partial charge in [-0.25, -0.2) is 9.59 Å². The Morgan fingerprint density at radius 2 is 1.64 bits per heavy atom. The van der Waals surface area contributed by atoms with Crippen molar-refractivity contribution in [2.75, 3.05) is 26.2 Å². The van der Waals surface area contributed by atoms with Crippen molar-refractivity contribution in [1.29, 1.82) is 0 Å². The molecule has 10 nitrogen and oxygen atoms in total. The summed E-state index contributed by atoms with van der Waals surface area (Å²) in [7, 11) is 0. The molecule has 2 N–H and O–H groups in total. The lowest BCUT2D eigenvalue weighted by atomic mass is 9.92. The monoisotopic (exact) mass is 569 g/mol. The van der Waals surface area contributed by atoms with Gasteiger partial charge in [-0.1, -0.05) is 6.07 Å². The van der Waals surface area contributed by atoms with Crippen molar-refractivity contribution in [2.24, 2.45) is 5.92 Å². The van der Waals surface area contributed by atoms with Gasteiger partial charge in [0.05, 0.1) is 31.2 Å². The summed E-state index contributed by atoms with van der Waals surface area (Å²) in [4.78, 5) is 39.2. The van der Waals surface area contributed by atoms with E-state index < -0.39 is 24.3 Å². The van der Waals surface area contributed by atoms with E-state index >= 15 is 0 Å². The average molecular weight is 569 g/mol. The van der Waals surface area contributed by atoms with Crippen molar-refractivity contribution >= 4 is 17.8 Å². The molecule has 4 heterocycles. The van der Waals surface area contributed by atoms with Crippen molar-refractivity contribution < 1.29 is 60.1 Å². The Morgan fingerprint density at radius 1 is 1.00 bits per heavy atom. The number of carbonyl (C=O) groups is 3. The minimum absolute atomic E-state index is 0.0213. The lowest BCUT2D eigenvalue weighted by Crippen LogP contribution is -2.48. The zero-order chi connectivity index (χ0) is 29.2. The Hall–Kier alpha value is -3.66. The predicted octanol–water partition coefficient (Wildman–Crippen LogP) is 3.19. The lowest BCUT2D eigenvalue weighted by Gasteiger charge is -2.37. The number of piperidine rings is 1. The number of amides is 1. The molecule has 2 aromatic heterocycles. The van der Waals surface area contributed by atoms with Crippen LogP contribution in [0.1, 0.15) is 17.5 Å². The Balaban J connectivity index is 0.000000317. The highest BCUT2D eigenvalue weighted by molar-refractivity contribution is 5.80. The quantitative estimate of drug-likeness (QED) is 0.533. The molecule has 4 rings (SSSR count). The zero-order valence-electron chi connectivity index (χ0n) is 20.2. The van der Waals surface area contributed by atoms with Gasteiger partial charge in [-0.3, -0.25) is 14.7 Å². The van der Waals surface area contributed by atoms with Crippen LogP contribution in [0.4, 0.5) is 26.3 Å². The summed E-state index contributed by atoms with van der Waals surface area (Å²) in [5.41, 5.74) is 2.23. The van der Waals surface area contributed by atoms with Gasteiger partial charge in [0, 0.05) is 44.1 Å². The number of aromatic nitrogens is 1. The molecule has 0 bridgehead atoms. The summed E-state index contributed by atoms with van der Waals surface area (Å²) in [5.74, 6) is -5.34. The number of hydrogen-bond donors (Lipinski definition) is 2. The fourth-order valence-electron chi connectivity index (χ4n) is 3.74. The largest absolute Gasteiger partial charge is 0.490 e. The topological polar surface area (TPSA) is 133 Å². The van der Waals surface area contributed by atoms with Gasteiger partial charge in [0.25, 0.3) is 0 Å². The van der Waals surface area contributed by atoms with Crippen LogP contribution < -0.4 is 0 Å². The predicted molar refractivity (Wildman–Crippen MR) is 119 cm³/mol. The molecule has 1 amide bonds. The molecule has 0 saturated carbocycles. The normalized spacial score (nSPS) is 19.9. The van der Waals surface area contributed by atoms with E-state index in [1.807, 2.05) is 29.3 Å². The molecule has 16 heteroatoms. The second-order valence-electron chi connectivity index (χ2n) is 8.40. The van der Waals surface area contributed by atoms with Gasteiger partial charge in [0.15, 0.2) is 0 Å². The van der Waals surface area contributed by atoms with Gasteiger partial charge in [0.2, 0.25) is 5.91 Å². The summed E-state index contributed by atoms with van der Waals surface area (Å²) in [6, 6.07) is 5.91. The number of aliphatic carboxylic acids is 2. The number of halogens is 6. The highest BCUT2D eigenvalue weighted by Crippen LogP contribution is 2.27. The number of carboxylic acids is 2. The molecule has 0 radical (unpaired) electrons. The smallest absolute Gasteiger partial charge is 0.475 e. The van der Waals surface area contributed by atoms with E-state index in [4.69, 9.17) is 29.0 Å². The van der Waals surface area contributed by atoms with Gasteiger partial charge in [-0.15, -0.1) is 0 Å². The number of nitrogens with zero attached hydrogens (tertiary/aromatic N) is 3. The van der Waals surface area contributed by atoms with Crippen LogP contribution in [0.25, 0.3) is 0 Å². The summed E-state index contributed by atoms with van der Waals surface area (Å²) in [5, 5.41) is 14.2. The molecule has 216 valence electrons. The van der Waals surface area contributed by atoms with Gasteiger partial charge in [-0.2, -0.15) is 26.3 Å². The second-order valence-corrected chi connectivity index (χ2v) is 8.40. The number of pyridine rings is 1. The van der Waals surface area contributed by atoms with Crippen LogP contribution in [0.15, 0.2) is 47.5 Å². The number of hydrogen-bond acceptors (Lipinski definition) is 7. The van der Waals surface area contributed by atoms with E-state index in [1.54, 1.807) is 18.7 Å². The SMILES string of the molecule is O=C(O)C(F)(F)F.O=C(O)C(F)(F)F.O=C1[C@@H]2CCN(Cc3ccoc3)C[C@@H]2OCCN1Cc1cccnc1. The summed E-state index contributed by atoms with van der Waals surface area (Å²) >= 11 is 0. The Morgan fingerprint density at radius 3 is 2.15 bits per heavy atom. The lowest BCUT2D eigenvalue weighted by molar-refractivity contribution is -0.193. The van der Waals surface area contributed by atoms with Gasteiger partial charge >= 0.3 is 24.3 Å². The van der Waals surface area contributed by atoms with E-state index in [2.05, 4.69) is 9.88 Å². The molecular formula is C23H25F6N3O7. The fourth-order valence-corrected chi connectivity index (χ4v) is 3.74. The van der Waals surface area contributed by atoms with Crippen molar-refractivity contribution in [3.63, 3.8) is 0 Å². The van der Waals surface area contributed by atoms with Crippen LogP contribution >= 0.6 is 0 Å². The van der Waals surface area contributed by atoms with Crippen molar-refractivity contribution in [1.82, 2.24) is 14.8 Å². The molecular weight excluding hydrogens is 544 g/mol. The molecule has 0 aliphatic carbocycles. The summed E-state index contributed by atoms with van der Waals surface area (Å²) < 4.78 is 74.7. The van der Waals surface area contributed by atoms with E-state index in [0.717, 1.165) is 37.2 Å². The van der Waals surface area contributed by atoms with E-state index in [9.17, 15) is 31.1 Å². The number of ether oxygens (including phenoxy) is 1. The molecule has 2 aliphatic heterocycles. The van der Waals surface area contributed by atoms with Gasteiger partial charge < -0.3 is 24.3 Å². The number of rotatable bonds is 4. The molecule has 39 heavy (non-hydrogen) atoms. The minimum Gasteiger partial charge on any atom is -0.475 e. The summed E-state index contributed by atoms with van der Waals surface area (Å²) in [6.45, 7) is 4.38. The van der Waals surface area contributed by atoms with Crippen LogP contribution in [0.2, 0.25) is 0 Å². The third-order valence-electron chi connectivity index (χ3n) is 5.53. The number of alkyl halides is 6. The van der Waals surface area contributed by atoms with Crippen molar-refractivity contribution in [2.45, 2.75) is 38.0 Å². The first-order valence-electron chi connectivity index (χ1n) is 11.3. The molecule has 2 fully saturated rings. The van der Waals surface area contributed by atoms with Gasteiger partial charge in [-0.05, 0) is 30.7 Å². The standard InChI is InChI=1S/C19H23N3O3.2C2HF3O2/c23-19-17-3-6-21(11-16-4-8-24-14-16)13-18(17)25-9-7-22(19)12-15-2-1-5-20-10-15;2*3-2(4,5)1(6)7/h1-2,4-5,8,10,14,17-18H,3,6-7,9,11-13H2;2*(H,6,7)/t17-,18+;;/m1../s1. The van der Waals surface area contributed by atoms with Crippen molar-refractivity contribution in [3.8, 4) is 0 Å². The van der Waals surface area contributed by atoms with E-state index in [0.29, 0.717) is 19.7 Å². The third-order valence-corrected chi connectivity index (χ3v) is 5.53. The molecule has 2 saturated heterocycles. The van der Waals surface area contributed by atoms with E-state index in [1.165, 1.54) is 0 Å². The Labute approximate surface area is 217 Å². The molecule has 2 aromatic rings. The second kappa shape index (κ2) is 13.9. The number of carboxylic acid groups (broad SMARTS) is 2. The first-order chi connectivity index (χ1) is 18.2. The van der Waals surface area contributed by atoms with Gasteiger partial charge in [0.1, 0.15) is 0 Å². The Kier molecular flexibility index (Phi) is 11.3. The van der Waals surface area contributed by atoms with Crippen LogP contribution in [0.3, 0.4) is 0 Å². The molecule has 2 atom stereocenters. The molecule has 0 aromatic carbocycles. The van der Waals surface area contributed by atoms with Crippen LogP contribution in [0.5, 0.6) is 0 Å². The average Bonchev–Trinajstić information content (AvgIpc) is 3.31. The first kappa shape index (κ1) is 31.6. The first-order valence-corrected chi connectivity index (χ1v) is 11.3. The number of fused-ring (bicyclic) bond motifs is 1. The summed E-state index contributed by atoms with van der Waals surface area (Å²) in [6.07, 6.45) is -2.30. The highest BCUT2D eigenvalue weighted by Gasteiger charge is 2.40. The number of likely N-dealkylation sites (tertiary alicyclic amines) is 1. The van der Waals surface area contributed by atoms with Crippen LogP contribution in [-0.2, 0) is 32.2 Å². The maximum atomic E-state index is 13.0. The molecule has 2 aliphatic rings. The number of carbonyl (C=O) groups excluding carboxylic acids is 1. The van der Waals surface area contributed by atoms with Crippen LogP contribution in [0, 0.1) is 5.92 Å². The highest BCUT2D eigenvalue weighted by atomic mass is 19.4. The zero-order valence-corrected chi connectivity index (χ0v) is 20.2. The Bertz CT molecular complexity index is 1040. The minimum atomic E-state index is -5.08.